The zero-order valence-electron chi connectivity index (χ0n) is 11.0. The molecule has 0 aliphatic heterocycles. The SMILES string of the molecule is COc1ccc(C(Oc2ccc(F)cc2Br)C(=O)O)cc1. The van der Waals surface area contributed by atoms with Crippen LogP contribution in [-0.4, -0.2) is 18.2 Å². The van der Waals surface area contributed by atoms with Crippen molar-refractivity contribution in [1.82, 2.24) is 0 Å². The molecular weight excluding hydrogens is 343 g/mol. The fourth-order valence-electron chi connectivity index (χ4n) is 1.74. The lowest BCUT2D eigenvalue weighted by atomic mass is 10.1. The van der Waals surface area contributed by atoms with Gasteiger partial charge in [0.05, 0.1) is 11.6 Å². The molecule has 0 aromatic heterocycles. The van der Waals surface area contributed by atoms with Gasteiger partial charge >= 0.3 is 5.97 Å². The minimum atomic E-state index is -1.20. The van der Waals surface area contributed by atoms with Crippen molar-refractivity contribution in [2.24, 2.45) is 0 Å². The summed E-state index contributed by atoms with van der Waals surface area (Å²) >= 11 is 3.14. The molecule has 2 aromatic carbocycles. The number of carboxylic acid groups (broad SMARTS) is 1. The van der Waals surface area contributed by atoms with Crippen LogP contribution in [0.2, 0.25) is 0 Å². The van der Waals surface area contributed by atoms with Gasteiger partial charge in [0, 0.05) is 5.56 Å². The maximum Gasteiger partial charge on any atom is 0.349 e. The molecule has 0 saturated carbocycles. The summed E-state index contributed by atoms with van der Waals surface area (Å²) in [5, 5.41) is 9.31. The van der Waals surface area contributed by atoms with Gasteiger partial charge in [0.25, 0.3) is 0 Å². The predicted octanol–water partition coefficient (Wildman–Crippen LogP) is 3.80. The lowest BCUT2D eigenvalue weighted by molar-refractivity contribution is -0.145. The summed E-state index contributed by atoms with van der Waals surface area (Å²) in [5.74, 6) is -0.715. The predicted molar refractivity (Wildman–Crippen MR) is 78.1 cm³/mol. The van der Waals surface area contributed by atoms with E-state index in [0.29, 0.717) is 15.8 Å². The molecule has 6 heteroatoms. The minimum Gasteiger partial charge on any atom is -0.497 e. The van der Waals surface area contributed by atoms with E-state index >= 15 is 0 Å². The van der Waals surface area contributed by atoms with E-state index in [2.05, 4.69) is 15.9 Å². The third kappa shape index (κ3) is 3.72. The Balaban J connectivity index is 2.28. The molecule has 0 fully saturated rings. The molecule has 2 rings (SSSR count). The summed E-state index contributed by atoms with van der Waals surface area (Å²) in [6.45, 7) is 0. The van der Waals surface area contributed by atoms with E-state index in [1.807, 2.05) is 0 Å². The highest BCUT2D eigenvalue weighted by atomic mass is 79.9. The Labute approximate surface area is 129 Å². The average molecular weight is 355 g/mol. The topological polar surface area (TPSA) is 55.8 Å². The molecule has 0 radical (unpaired) electrons. The Morgan fingerprint density at radius 3 is 2.43 bits per heavy atom. The van der Waals surface area contributed by atoms with Crippen molar-refractivity contribution in [3.8, 4) is 11.5 Å². The number of halogens is 2. The Hall–Kier alpha value is -2.08. The van der Waals surface area contributed by atoms with Gasteiger partial charge in [-0.3, -0.25) is 0 Å². The molecular formula is C15H12BrFO4. The molecule has 21 heavy (non-hydrogen) atoms. The highest BCUT2D eigenvalue weighted by Crippen LogP contribution is 2.30. The van der Waals surface area contributed by atoms with E-state index in [1.54, 1.807) is 24.3 Å². The average Bonchev–Trinajstić information content (AvgIpc) is 2.46. The van der Waals surface area contributed by atoms with E-state index in [1.165, 1.54) is 25.3 Å². The molecule has 0 bridgehead atoms. The van der Waals surface area contributed by atoms with Crippen molar-refractivity contribution in [2.75, 3.05) is 7.11 Å². The molecule has 1 N–H and O–H groups in total. The zero-order valence-corrected chi connectivity index (χ0v) is 12.6. The molecule has 0 heterocycles. The summed E-state index contributed by atoms with van der Waals surface area (Å²) in [6, 6.07) is 10.3. The van der Waals surface area contributed by atoms with Gasteiger partial charge in [-0.25, -0.2) is 9.18 Å². The van der Waals surface area contributed by atoms with Gasteiger partial charge in [-0.2, -0.15) is 0 Å². The van der Waals surface area contributed by atoms with Gasteiger partial charge in [0.1, 0.15) is 17.3 Å². The first kappa shape index (κ1) is 15.3. The van der Waals surface area contributed by atoms with Crippen LogP contribution in [0.4, 0.5) is 4.39 Å². The van der Waals surface area contributed by atoms with Crippen molar-refractivity contribution in [3.63, 3.8) is 0 Å². The highest BCUT2D eigenvalue weighted by Gasteiger charge is 2.23. The quantitative estimate of drug-likeness (QED) is 0.887. The van der Waals surface area contributed by atoms with E-state index in [4.69, 9.17) is 9.47 Å². The van der Waals surface area contributed by atoms with Crippen molar-refractivity contribution < 1.29 is 23.8 Å². The molecule has 0 aliphatic carbocycles. The first-order valence-corrected chi connectivity index (χ1v) is 6.79. The Bertz CT molecular complexity index is 643. The Morgan fingerprint density at radius 2 is 1.90 bits per heavy atom. The van der Waals surface area contributed by atoms with Gasteiger partial charge in [-0.15, -0.1) is 0 Å². The largest absolute Gasteiger partial charge is 0.497 e. The number of hydrogen-bond acceptors (Lipinski definition) is 3. The summed E-state index contributed by atoms with van der Waals surface area (Å²) in [7, 11) is 1.52. The maximum atomic E-state index is 13.0. The van der Waals surface area contributed by atoms with Crippen molar-refractivity contribution >= 4 is 21.9 Å². The van der Waals surface area contributed by atoms with Gasteiger partial charge in [-0.1, -0.05) is 12.1 Å². The molecule has 2 aromatic rings. The summed E-state index contributed by atoms with van der Waals surface area (Å²) in [5.41, 5.74) is 0.458. The second-order valence-electron chi connectivity index (χ2n) is 4.18. The van der Waals surface area contributed by atoms with E-state index in [9.17, 15) is 14.3 Å². The number of hydrogen-bond donors (Lipinski definition) is 1. The Kier molecular flexibility index (Phi) is 4.80. The normalized spacial score (nSPS) is 11.8. The van der Waals surface area contributed by atoms with Gasteiger partial charge in [0.15, 0.2) is 0 Å². The fraction of sp³-hybridized carbons (Fsp3) is 0.133. The van der Waals surface area contributed by atoms with Gasteiger partial charge < -0.3 is 14.6 Å². The molecule has 4 nitrogen and oxygen atoms in total. The molecule has 1 unspecified atom stereocenters. The lowest BCUT2D eigenvalue weighted by Crippen LogP contribution is -2.18. The summed E-state index contributed by atoms with van der Waals surface area (Å²) < 4.78 is 23.9. The molecule has 0 spiro atoms. The molecule has 0 saturated heterocycles. The first-order valence-electron chi connectivity index (χ1n) is 5.99. The first-order chi connectivity index (χ1) is 10.0. The summed E-state index contributed by atoms with van der Waals surface area (Å²) in [6.07, 6.45) is -1.20. The van der Waals surface area contributed by atoms with E-state index in [0.717, 1.165) is 0 Å². The second kappa shape index (κ2) is 6.58. The number of methoxy groups -OCH3 is 1. The smallest absolute Gasteiger partial charge is 0.349 e. The number of ether oxygens (including phenoxy) is 2. The van der Waals surface area contributed by atoms with Crippen LogP contribution in [0, 0.1) is 5.82 Å². The van der Waals surface area contributed by atoms with Crippen LogP contribution in [0.15, 0.2) is 46.9 Å². The number of benzene rings is 2. The third-order valence-corrected chi connectivity index (χ3v) is 3.40. The van der Waals surface area contributed by atoms with Crippen LogP contribution in [0.25, 0.3) is 0 Å². The van der Waals surface area contributed by atoms with Crippen LogP contribution in [0.5, 0.6) is 11.5 Å². The third-order valence-electron chi connectivity index (χ3n) is 2.78. The van der Waals surface area contributed by atoms with Crippen LogP contribution < -0.4 is 9.47 Å². The minimum absolute atomic E-state index is 0.250. The fourth-order valence-corrected chi connectivity index (χ4v) is 2.18. The lowest BCUT2D eigenvalue weighted by Gasteiger charge is -2.16. The number of aliphatic carboxylic acids is 1. The van der Waals surface area contributed by atoms with Crippen LogP contribution >= 0.6 is 15.9 Å². The Morgan fingerprint density at radius 1 is 1.24 bits per heavy atom. The maximum absolute atomic E-state index is 13.0. The van der Waals surface area contributed by atoms with Crippen LogP contribution in [0.1, 0.15) is 11.7 Å². The second-order valence-corrected chi connectivity index (χ2v) is 5.04. The number of carbonyl (C=O) groups is 1. The molecule has 0 amide bonds. The number of rotatable bonds is 5. The molecule has 1 atom stereocenters. The van der Waals surface area contributed by atoms with Crippen molar-refractivity contribution in [3.05, 3.63) is 58.3 Å². The zero-order chi connectivity index (χ0) is 15.4. The number of carboxylic acids is 1. The highest BCUT2D eigenvalue weighted by molar-refractivity contribution is 9.10. The summed E-state index contributed by atoms with van der Waals surface area (Å²) in [4.78, 5) is 11.4. The van der Waals surface area contributed by atoms with Crippen molar-refractivity contribution in [1.29, 1.82) is 0 Å². The van der Waals surface area contributed by atoms with Gasteiger partial charge in [0.2, 0.25) is 6.10 Å². The molecule has 110 valence electrons. The molecule has 0 aliphatic rings. The standard InChI is InChI=1S/C15H12BrFO4/c1-20-11-5-2-9(3-6-11)14(15(18)19)21-13-7-4-10(17)8-12(13)16/h2-8,14H,1H3,(H,18,19). The monoisotopic (exact) mass is 354 g/mol. The van der Waals surface area contributed by atoms with Crippen LogP contribution in [0.3, 0.4) is 0 Å². The van der Waals surface area contributed by atoms with Gasteiger partial charge in [-0.05, 0) is 46.3 Å². The van der Waals surface area contributed by atoms with Crippen LogP contribution in [-0.2, 0) is 4.79 Å². The van der Waals surface area contributed by atoms with E-state index in [-0.39, 0.29) is 5.75 Å². The van der Waals surface area contributed by atoms with E-state index < -0.39 is 17.9 Å². The van der Waals surface area contributed by atoms with Crippen molar-refractivity contribution in [2.45, 2.75) is 6.10 Å².